The molecule has 1 spiro atoms. The van der Waals surface area contributed by atoms with Crippen molar-refractivity contribution in [2.24, 2.45) is 0 Å². The summed E-state index contributed by atoms with van der Waals surface area (Å²) in [5.41, 5.74) is 2.10. The molecule has 3 fully saturated rings. The van der Waals surface area contributed by atoms with E-state index in [2.05, 4.69) is 25.5 Å². The van der Waals surface area contributed by atoms with Gasteiger partial charge in [-0.3, -0.25) is 4.79 Å². The van der Waals surface area contributed by atoms with Crippen molar-refractivity contribution < 1.29 is 9.53 Å². The zero-order valence-corrected chi connectivity index (χ0v) is 16.7. The second-order valence-corrected chi connectivity index (χ2v) is 8.33. The lowest BCUT2D eigenvalue weighted by Crippen LogP contribution is -2.53. The van der Waals surface area contributed by atoms with Crippen LogP contribution in [0.15, 0.2) is 0 Å². The number of hydrogen-bond acceptors (Lipinski definition) is 6. The van der Waals surface area contributed by atoms with Gasteiger partial charge in [0.2, 0.25) is 5.82 Å². The van der Waals surface area contributed by atoms with Crippen LogP contribution in [0.2, 0.25) is 0 Å². The summed E-state index contributed by atoms with van der Waals surface area (Å²) >= 11 is 0. The fourth-order valence-electron chi connectivity index (χ4n) is 4.65. The highest BCUT2D eigenvalue weighted by Crippen LogP contribution is 2.42. The van der Waals surface area contributed by atoms with Crippen LogP contribution in [0, 0.1) is 13.8 Å². The summed E-state index contributed by atoms with van der Waals surface area (Å²) in [6.07, 6.45) is 7.11. The molecule has 3 aliphatic rings. The van der Waals surface area contributed by atoms with Gasteiger partial charge < -0.3 is 20.3 Å². The summed E-state index contributed by atoms with van der Waals surface area (Å²) < 4.78 is 6.06. The predicted molar refractivity (Wildman–Crippen MR) is 104 cm³/mol. The Morgan fingerprint density at radius 2 is 2.04 bits per heavy atom. The fourth-order valence-corrected chi connectivity index (χ4v) is 4.65. The Hall–Kier alpha value is -1.73. The fraction of sp³-hybridized carbons (Fsp3) is 0.750. The maximum absolute atomic E-state index is 12.0. The number of nitrogens with zero attached hydrogens (tertiary/aromatic N) is 3. The highest BCUT2D eigenvalue weighted by molar-refractivity contribution is 5.90. The van der Waals surface area contributed by atoms with Crippen molar-refractivity contribution >= 4 is 11.7 Å². The minimum absolute atomic E-state index is 0.178. The van der Waals surface area contributed by atoms with Gasteiger partial charge in [-0.2, -0.15) is 0 Å². The summed E-state index contributed by atoms with van der Waals surface area (Å²) in [5.74, 6) is 0.914. The van der Waals surface area contributed by atoms with Crippen LogP contribution in [0.5, 0.6) is 0 Å². The van der Waals surface area contributed by atoms with Gasteiger partial charge in [-0.05, 0) is 52.4 Å². The first kappa shape index (κ1) is 18.6. The number of ether oxygens (including phenoxy) is 1. The van der Waals surface area contributed by atoms with E-state index in [1.807, 2.05) is 13.8 Å². The van der Waals surface area contributed by atoms with E-state index >= 15 is 0 Å². The van der Waals surface area contributed by atoms with Crippen LogP contribution in [0.3, 0.4) is 0 Å². The molecular formula is C20H31N5O2. The van der Waals surface area contributed by atoms with Gasteiger partial charge in [0.1, 0.15) is 5.82 Å². The maximum Gasteiger partial charge on any atom is 0.288 e. The molecule has 4 rings (SSSR count). The molecule has 1 aromatic heterocycles. The quantitative estimate of drug-likeness (QED) is 0.837. The van der Waals surface area contributed by atoms with Crippen molar-refractivity contribution in [2.75, 3.05) is 31.6 Å². The Morgan fingerprint density at radius 3 is 2.74 bits per heavy atom. The van der Waals surface area contributed by atoms with E-state index in [0.29, 0.717) is 12.1 Å². The van der Waals surface area contributed by atoms with Crippen molar-refractivity contribution in [3.63, 3.8) is 0 Å². The number of amides is 1. The highest BCUT2D eigenvalue weighted by atomic mass is 16.5. The number of carbonyl (C=O) groups is 1. The topological polar surface area (TPSA) is 79.4 Å². The van der Waals surface area contributed by atoms with E-state index in [4.69, 9.17) is 4.74 Å². The van der Waals surface area contributed by atoms with Gasteiger partial charge in [0, 0.05) is 50.1 Å². The molecule has 0 aromatic carbocycles. The van der Waals surface area contributed by atoms with Crippen LogP contribution in [0.4, 0.5) is 5.82 Å². The minimum Gasteiger partial charge on any atom is -0.375 e. The van der Waals surface area contributed by atoms with Crippen molar-refractivity contribution in [3.05, 3.63) is 17.1 Å². The van der Waals surface area contributed by atoms with Gasteiger partial charge in [-0.25, -0.2) is 9.97 Å². The zero-order chi connectivity index (χ0) is 19.0. The first-order valence-corrected chi connectivity index (χ1v) is 10.2. The molecule has 3 heterocycles. The zero-order valence-electron chi connectivity index (χ0n) is 16.7. The van der Waals surface area contributed by atoms with Crippen LogP contribution in [-0.2, 0) is 4.74 Å². The van der Waals surface area contributed by atoms with Crippen LogP contribution in [0.1, 0.15) is 60.4 Å². The normalized spacial score (nSPS) is 26.9. The SMILES string of the molecule is CNC(=O)c1nc(C)c(C)c(N2CC[C@@H](NC3CCOC4(CCC4)C3)C2)n1. The third kappa shape index (κ3) is 3.67. The molecule has 2 atom stereocenters. The molecular weight excluding hydrogens is 342 g/mol. The lowest BCUT2D eigenvalue weighted by atomic mass is 9.74. The number of hydrogen-bond donors (Lipinski definition) is 2. The molecule has 1 unspecified atom stereocenters. The van der Waals surface area contributed by atoms with Gasteiger partial charge in [0.15, 0.2) is 0 Å². The molecule has 0 radical (unpaired) electrons. The van der Waals surface area contributed by atoms with Crippen LogP contribution in [-0.4, -0.2) is 60.3 Å². The number of anilines is 1. The van der Waals surface area contributed by atoms with E-state index in [-0.39, 0.29) is 17.3 Å². The van der Waals surface area contributed by atoms with Crippen LogP contribution in [0.25, 0.3) is 0 Å². The average Bonchev–Trinajstić information content (AvgIpc) is 3.10. The van der Waals surface area contributed by atoms with Gasteiger partial charge in [0.25, 0.3) is 5.91 Å². The van der Waals surface area contributed by atoms with E-state index in [0.717, 1.165) is 56.0 Å². The Balaban J connectivity index is 1.42. The molecule has 0 bridgehead atoms. The number of carbonyl (C=O) groups excluding carboxylic acids is 1. The van der Waals surface area contributed by atoms with Crippen molar-refractivity contribution in [1.82, 2.24) is 20.6 Å². The molecule has 7 nitrogen and oxygen atoms in total. The molecule has 1 amide bonds. The molecule has 1 aliphatic carbocycles. The predicted octanol–water partition coefficient (Wildman–Crippen LogP) is 1.72. The highest BCUT2D eigenvalue weighted by Gasteiger charge is 2.43. The summed E-state index contributed by atoms with van der Waals surface area (Å²) in [7, 11) is 1.61. The molecule has 148 valence electrons. The van der Waals surface area contributed by atoms with Gasteiger partial charge in [0.05, 0.1) is 5.60 Å². The van der Waals surface area contributed by atoms with E-state index in [9.17, 15) is 4.79 Å². The van der Waals surface area contributed by atoms with Crippen molar-refractivity contribution in [1.29, 1.82) is 0 Å². The first-order valence-electron chi connectivity index (χ1n) is 10.2. The molecule has 27 heavy (non-hydrogen) atoms. The molecule has 7 heteroatoms. The lowest BCUT2D eigenvalue weighted by Gasteiger charge is -2.47. The second kappa shape index (κ2) is 7.36. The summed E-state index contributed by atoms with van der Waals surface area (Å²) in [6.45, 7) is 6.75. The molecule has 2 N–H and O–H groups in total. The van der Waals surface area contributed by atoms with Crippen LogP contribution >= 0.6 is 0 Å². The van der Waals surface area contributed by atoms with E-state index in [1.165, 1.54) is 19.3 Å². The van der Waals surface area contributed by atoms with Gasteiger partial charge in [-0.1, -0.05) is 0 Å². The van der Waals surface area contributed by atoms with Gasteiger partial charge >= 0.3 is 0 Å². The Labute approximate surface area is 161 Å². The van der Waals surface area contributed by atoms with Gasteiger partial charge in [-0.15, -0.1) is 0 Å². The molecule has 2 saturated heterocycles. The third-order valence-electron chi connectivity index (χ3n) is 6.51. The lowest BCUT2D eigenvalue weighted by molar-refractivity contribution is -0.136. The number of aromatic nitrogens is 2. The third-order valence-corrected chi connectivity index (χ3v) is 6.51. The Kier molecular flexibility index (Phi) is 5.07. The largest absolute Gasteiger partial charge is 0.375 e. The maximum atomic E-state index is 12.0. The van der Waals surface area contributed by atoms with E-state index in [1.54, 1.807) is 7.05 Å². The number of nitrogens with one attached hydrogen (secondary N) is 2. The summed E-state index contributed by atoms with van der Waals surface area (Å²) in [5, 5.41) is 6.50. The smallest absolute Gasteiger partial charge is 0.288 e. The molecule has 1 saturated carbocycles. The molecule has 2 aliphatic heterocycles. The Bertz CT molecular complexity index is 719. The van der Waals surface area contributed by atoms with Crippen molar-refractivity contribution in [3.8, 4) is 0 Å². The van der Waals surface area contributed by atoms with Crippen LogP contribution < -0.4 is 15.5 Å². The molecule has 1 aromatic rings. The monoisotopic (exact) mass is 373 g/mol. The minimum atomic E-state index is -0.235. The van der Waals surface area contributed by atoms with E-state index < -0.39 is 0 Å². The number of aryl methyl sites for hydroxylation is 1. The standard InChI is InChI=1S/C20H31N5O2/c1-13-14(2)22-17(19(26)21-3)24-18(13)25-9-5-16(12-25)23-15-6-10-27-20(11-15)7-4-8-20/h15-16,23H,4-12H2,1-3H3,(H,21,26)/t15?,16-/m1/s1. The Morgan fingerprint density at radius 1 is 1.22 bits per heavy atom. The van der Waals surface area contributed by atoms with Crippen molar-refractivity contribution in [2.45, 2.75) is 70.1 Å². The number of rotatable bonds is 4. The summed E-state index contributed by atoms with van der Waals surface area (Å²) in [4.78, 5) is 23.2. The summed E-state index contributed by atoms with van der Waals surface area (Å²) in [6, 6.07) is 1.02. The average molecular weight is 374 g/mol. The second-order valence-electron chi connectivity index (χ2n) is 8.33. The first-order chi connectivity index (χ1) is 13.0.